The molecule has 1 heterocycles. The van der Waals surface area contributed by atoms with Gasteiger partial charge in [0.05, 0.1) is 13.7 Å². The molecule has 1 fully saturated rings. The van der Waals surface area contributed by atoms with Crippen LogP contribution in [0.5, 0.6) is 5.75 Å². The number of ether oxygens (including phenoxy) is 1. The van der Waals surface area contributed by atoms with Crippen LogP contribution in [0.1, 0.15) is 30.0 Å². The largest absolute Gasteiger partial charge is 0.494 e. The molecule has 0 radical (unpaired) electrons. The van der Waals surface area contributed by atoms with Gasteiger partial charge in [-0.1, -0.05) is 36.4 Å². The number of hydrogen-bond donors (Lipinski definition) is 0. The number of hydrogen-bond acceptors (Lipinski definition) is 3. The van der Waals surface area contributed by atoms with Crippen molar-refractivity contribution in [1.82, 2.24) is 9.80 Å². The zero-order chi connectivity index (χ0) is 18.5. The molecule has 0 N–H and O–H groups in total. The monoisotopic (exact) mass is 356 g/mol. The first-order valence-electron chi connectivity index (χ1n) is 8.94. The average molecular weight is 356 g/mol. The van der Waals surface area contributed by atoms with Crippen LogP contribution in [-0.4, -0.2) is 43.0 Å². The van der Waals surface area contributed by atoms with Crippen LogP contribution in [0.15, 0.2) is 48.5 Å². The van der Waals surface area contributed by atoms with Crippen LogP contribution in [0.3, 0.4) is 0 Å². The van der Waals surface area contributed by atoms with Crippen LogP contribution in [0.25, 0.3) is 0 Å². The minimum Gasteiger partial charge on any atom is -0.494 e. The van der Waals surface area contributed by atoms with Gasteiger partial charge in [0.1, 0.15) is 0 Å². The van der Waals surface area contributed by atoms with Crippen molar-refractivity contribution in [3.05, 3.63) is 65.5 Å². The third-order valence-electron chi connectivity index (χ3n) is 4.95. The number of carbonyl (C=O) groups is 1. The highest BCUT2D eigenvalue weighted by molar-refractivity contribution is 5.78. The number of likely N-dealkylation sites (tertiary alicyclic amines) is 1. The van der Waals surface area contributed by atoms with Crippen molar-refractivity contribution < 1.29 is 13.9 Å². The molecule has 0 spiro atoms. The second-order valence-electron chi connectivity index (χ2n) is 6.76. The summed E-state index contributed by atoms with van der Waals surface area (Å²) in [5.74, 6) is -0.149. The summed E-state index contributed by atoms with van der Waals surface area (Å²) >= 11 is 0. The Balaban J connectivity index is 1.61. The molecule has 0 aromatic heterocycles. The predicted molar refractivity (Wildman–Crippen MR) is 99.4 cm³/mol. The van der Waals surface area contributed by atoms with Crippen LogP contribution in [0.4, 0.5) is 4.39 Å². The van der Waals surface area contributed by atoms with Crippen LogP contribution < -0.4 is 4.74 Å². The fourth-order valence-electron chi connectivity index (χ4n) is 3.53. The minimum absolute atomic E-state index is 0.0454. The lowest BCUT2D eigenvalue weighted by Crippen LogP contribution is -2.37. The Bertz CT molecular complexity index is 751. The van der Waals surface area contributed by atoms with E-state index in [1.54, 1.807) is 24.1 Å². The lowest BCUT2D eigenvalue weighted by atomic mass is 10.0. The van der Waals surface area contributed by atoms with Crippen molar-refractivity contribution in [3.8, 4) is 5.75 Å². The van der Waals surface area contributed by atoms with E-state index in [-0.39, 0.29) is 11.7 Å². The van der Waals surface area contributed by atoms with Crippen molar-refractivity contribution in [2.75, 3.05) is 27.2 Å². The maximum Gasteiger partial charge on any atom is 0.236 e. The van der Waals surface area contributed by atoms with E-state index in [0.29, 0.717) is 19.1 Å². The first kappa shape index (κ1) is 18.4. The molecule has 5 heteroatoms. The van der Waals surface area contributed by atoms with Gasteiger partial charge in [0.15, 0.2) is 11.6 Å². The molecule has 3 rings (SSSR count). The van der Waals surface area contributed by atoms with Crippen LogP contribution in [-0.2, 0) is 11.3 Å². The molecule has 26 heavy (non-hydrogen) atoms. The van der Waals surface area contributed by atoms with Gasteiger partial charge < -0.3 is 9.64 Å². The Morgan fingerprint density at radius 3 is 2.73 bits per heavy atom. The second kappa shape index (κ2) is 8.32. The summed E-state index contributed by atoms with van der Waals surface area (Å²) in [6.07, 6.45) is 2.17. The predicted octanol–water partition coefficient (Wildman–Crippen LogP) is 3.63. The number of rotatable bonds is 6. The van der Waals surface area contributed by atoms with Crippen molar-refractivity contribution in [1.29, 1.82) is 0 Å². The van der Waals surface area contributed by atoms with E-state index in [9.17, 15) is 9.18 Å². The highest BCUT2D eigenvalue weighted by Gasteiger charge is 2.28. The molecular weight excluding hydrogens is 331 g/mol. The zero-order valence-electron chi connectivity index (χ0n) is 15.3. The molecule has 2 aromatic rings. The molecule has 2 aromatic carbocycles. The fraction of sp³-hybridized carbons (Fsp3) is 0.381. The summed E-state index contributed by atoms with van der Waals surface area (Å²) < 4.78 is 18.8. The summed E-state index contributed by atoms with van der Waals surface area (Å²) in [6, 6.07) is 15.4. The van der Waals surface area contributed by atoms with Crippen molar-refractivity contribution >= 4 is 5.91 Å². The van der Waals surface area contributed by atoms with E-state index in [0.717, 1.165) is 24.9 Å². The van der Waals surface area contributed by atoms with Gasteiger partial charge in [0.25, 0.3) is 0 Å². The third kappa shape index (κ3) is 4.22. The molecular formula is C21H25FN2O2. The van der Waals surface area contributed by atoms with Crippen LogP contribution >= 0.6 is 0 Å². The molecule has 1 aliphatic heterocycles. The van der Waals surface area contributed by atoms with E-state index < -0.39 is 5.82 Å². The summed E-state index contributed by atoms with van der Waals surface area (Å²) in [4.78, 5) is 16.5. The molecule has 138 valence electrons. The smallest absolute Gasteiger partial charge is 0.236 e. The highest BCUT2D eigenvalue weighted by atomic mass is 19.1. The molecule has 1 saturated heterocycles. The quantitative estimate of drug-likeness (QED) is 0.792. The molecule has 1 unspecified atom stereocenters. The number of likely N-dealkylation sites (N-methyl/N-ethyl adjacent to an activating group) is 1. The van der Waals surface area contributed by atoms with Crippen LogP contribution in [0, 0.1) is 5.82 Å². The Kier molecular flexibility index (Phi) is 5.89. The van der Waals surface area contributed by atoms with Gasteiger partial charge in [-0.3, -0.25) is 9.69 Å². The van der Waals surface area contributed by atoms with Gasteiger partial charge in [-0.05, 0) is 42.6 Å². The van der Waals surface area contributed by atoms with E-state index >= 15 is 0 Å². The Labute approximate surface area is 154 Å². The van der Waals surface area contributed by atoms with Gasteiger partial charge in [0, 0.05) is 19.6 Å². The highest BCUT2D eigenvalue weighted by Crippen LogP contribution is 2.31. The number of methoxy groups -OCH3 is 1. The lowest BCUT2D eigenvalue weighted by Gasteiger charge is -2.27. The molecule has 1 aliphatic rings. The Morgan fingerprint density at radius 1 is 1.27 bits per heavy atom. The fourth-order valence-corrected chi connectivity index (χ4v) is 3.53. The number of amides is 1. The van der Waals surface area contributed by atoms with Crippen molar-refractivity contribution in [2.24, 2.45) is 0 Å². The zero-order valence-corrected chi connectivity index (χ0v) is 15.3. The van der Waals surface area contributed by atoms with Gasteiger partial charge >= 0.3 is 0 Å². The minimum atomic E-state index is -0.408. The molecule has 1 amide bonds. The van der Waals surface area contributed by atoms with Crippen molar-refractivity contribution in [2.45, 2.75) is 25.4 Å². The van der Waals surface area contributed by atoms with Gasteiger partial charge in [-0.15, -0.1) is 0 Å². The third-order valence-corrected chi connectivity index (χ3v) is 4.95. The first-order chi connectivity index (χ1) is 12.6. The topological polar surface area (TPSA) is 32.8 Å². The average Bonchev–Trinajstić information content (AvgIpc) is 3.10. The SMILES string of the molecule is COc1ccc(CN(C)C(=O)CN2CCCC2c2ccccc2)cc1F. The summed E-state index contributed by atoms with van der Waals surface area (Å²) in [5.41, 5.74) is 2.01. The first-order valence-corrected chi connectivity index (χ1v) is 8.94. The Morgan fingerprint density at radius 2 is 2.04 bits per heavy atom. The number of nitrogens with zero attached hydrogens (tertiary/aromatic N) is 2. The van der Waals surface area contributed by atoms with Gasteiger partial charge in [-0.25, -0.2) is 4.39 Å². The van der Waals surface area contributed by atoms with E-state index in [1.165, 1.54) is 18.7 Å². The lowest BCUT2D eigenvalue weighted by molar-refractivity contribution is -0.131. The van der Waals surface area contributed by atoms with Gasteiger partial charge in [-0.2, -0.15) is 0 Å². The molecule has 0 aliphatic carbocycles. The summed E-state index contributed by atoms with van der Waals surface area (Å²) in [6.45, 7) is 1.69. The van der Waals surface area contributed by atoms with Gasteiger partial charge in [0.2, 0.25) is 5.91 Å². The maximum absolute atomic E-state index is 13.8. The maximum atomic E-state index is 13.8. The standard InChI is InChI=1S/C21H25FN2O2/c1-23(14-16-10-11-20(26-2)18(22)13-16)21(25)15-24-12-6-9-19(24)17-7-4-3-5-8-17/h3-5,7-8,10-11,13,19H,6,9,12,14-15H2,1-2H3. The Hall–Kier alpha value is -2.40. The molecule has 0 bridgehead atoms. The number of carbonyl (C=O) groups excluding carboxylic acids is 1. The molecule has 0 saturated carbocycles. The summed E-state index contributed by atoms with van der Waals surface area (Å²) in [7, 11) is 3.20. The molecule has 1 atom stereocenters. The number of benzene rings is 2. The number of halogens is 1. The second-order valence-corrected chi connectivity index (χ2v) is 6.76. The molecule has 4 nitrogen and oxygen atoms in total. The van der Waals surface area contributed by atoms with E-state index in [2.05, 4.69) is 17.0 Å². The van der Waals surface area contributed by atoms with Crippen LogP contribution in [0.2, 0.25) is 0 Å². The normalized spacial score (nSPS) is 17.3. The van der Waals surface area contributed by atoms with E-state index in [1.807, 2.05) is 18.2 Å². The van der Waals surface area contributed by atoms with Crippen molar-refractivity contribution in [3.63, 3.8) is 0 Å². The summed E-state index contributed by atoms with van der Waals surface area (Å²) in [5, 5.41) is 0. The van der Waals surface area contributed by atoms with E-state index in [4.69, 9.17) is 4.74 Å².